The summed E-state index contributed by atoms with van der Waals surface area (Å²) in [5, 5.41) is 2.92. The molecule has 0 spiro atoms. The monoisotopic (exact) mass is 472 g/mol. The van der Waals surface area contributed by atoms with Crippen molar-refractivity contribution in [3.63, 3.8) is 0 Å². The van der Waals surface area contributed by atoms with Gasteiger partial charge in [0, 0.05) is 23.1 Å². The third-order valence-electron chi connectivity index (χ3n) is 4.31. The molecular formula is C20H20BrF3N2O3. The first-order valence-corrected chi connectivity index (χ1v) is 9.78. The first-order chi connectivity index (χ1) is 13.8. The molecule has 0 bridgehead atoms. The number of nitrogens with one attached hydrogen (secondary N) is 1. The fourth-order valence-corrected chi connectivity index (χ4v) is 3.28. The Hall–Kier alpha value is -2.10. The lowest BCUT2D eigenvalue weighted by molar-refractivity contribution is -0.176. The Bertz CT molecular complexity index is 838. The molecule has 29 heavy (non-hydrogen) atoms. The molecule has 2 aromatic rings. The van der Waals surface area contributed by atoms with E-state index in [0.29, 0.717) is 30.0 Å². The number of hydrogen-bond donors (Lipinski definition) is 1. The van der Waals surface area contributed by atoms with Gasteiger partial charge in [-0.05, 0) is 35.9 Å². The number of carbonyl (C=O) groups excluding carboxylic acids is 1. The van der Waals surface area contributed by atoms with Gasteiger partial charge in [-0.25, -0.2) is 0 Å². The molecule has 1 saturated heterocycles. The highest BCUT2D eigenvalue weighted by atomic mass is 79.9. The van der Waals surface area contributed by atoms with Crippen molar-refractivity contribution in [3.8, 4) is 0 Å². The number of nitrogens with zero attached hydrogens (tertiary/aromatic N) is 1. The minimum atomic E-state index is -4.36. The van der Waals surface area contributed by atoms with Crippen LogP contribution in [0.15, 0.2) is 46.9 Å². The van der Waals surface area contributed by atoms with E-state index in [2.05, 4.69) is 30.9 Å². The van der Waals surface area contributed by atoms with Gasteiger partial charge in [-0.15, -0.1) is 0 Å². The van der Waals surface area contributed by atoms with E-state index < -0.39 is 12.8 Å². The van der Waals surface area contributed by atoms with Crippen molar-refractivity contribution in [2.75, 3.05) is 43.1 Å². The van der Waals surface area contributed by atoms with Crippen LogP contribution in [0, 0.1) is 0 Å². The summed E-state index contributed by atoms with van der Waals surface area (Å²) in [5.41, 5.74) is 2.53. The third-order valence-corrected chi connectivity index (χ3v) is 4.80. The summed E-state index contributed by atoms with van der Waals surface area (Å²) in [7, 11) is 0. The largest absolute Gasteiger partial charge is 0.411 e. The maximum Gasteiger partial charge on any atom is 0.411 e. The molecule has 0 saturated carbocycles. The number of anilines is 2. The molecule has 0 radical (unpaired) electrons. The minimum absolute atomic E-state index is 0.172. The Balaban J connectivity index is 1.66. The molecule has 1 fully saturated rings. The third kappa shape index (κ3) is 6.45. The molecule has 2 aromatic carbocycles. The molecule has 3 rings (SSSR count). The lowest BCUT2D eigenvalue weighted by Crippen LogP contribution is -2.36. The van der Waals surface area contributed by atoms with Crippen LogP contribution >= 0.6 is 15.9 Å². The van der Waals surface area contributed by atoms with Gasteiger partial charge in [0.15, 0.2) is 0 Å². The second-order valence-electron chi connectivity index (χ2n) is 6.52. The molecule has 9 heteroatoms. The average Bonchev–Trinajstić information content (AvgIpc) is 2.68. The highest BCUT2D eigenvalue weighted by molar-refractivity contribution is 9.10. The highest BCUT2D eigenvalue weighted by Gasteiger charge is 2.27. The molecule has 1 heterocycles. The van der Waals surface area contributed by atoms with Gasteiger partial charge in [-0.1, -0.05) is 28.1 Å². The summed E-state index contributed by atoms with van der Waals surface area (Å²) in [6.45, 7) is 1.24. The van der Waals surface area contributed by atoms with Gasteiger partial charge in [0.2, 0.25) is 0 Å². The van der Waals surface area contributed by atoms with Crippen LogP contribution in [-0.4, -0.2) is 45.0 Å². The van der Waals surface area contributed by atoms with Crippen LogP contribution in [0.25, 0.3) is 0 Å². The molecule has 1 aliphatic rings. The topological polar surface area (TPSA) is 50.8 Å². The number of morpholine rings is 1. The average molecular weight is 473 g/mol. The first-order valence-electron chi connectivity index (χ1n) is 8.99. The Morgan fingerprint density at radius 3 is 2.48 bits per heavy atom. The molecule has 5 nitrogen and oxygen atoms in total. The van der Waals surface area contributed by atoms with Crippen molar-refractivity contribution >= 4 is 33.2 Å². The summed E-state index contributed by atoms with van der Waals surface area (Å²) >= 11 is 3.43. The van der Waals surface area contributed by atoms with Crippen molar-refractivity contribution in [2.24, 2.45) is 0 Å². The highest BCUT2D eigenvalue weighted by Crippen LogP contribution is 2.30. The standard InChI is InChI=1S/C20H20BrF3N2O3/c21-16-5-6-18(26-7-9-28-10-8-26)17(11-16)25-19(27)15-3-1-14(2-4-15)12-29-13-20(22,23)24/h1-6,11H,7-10,12-13H2,(H,25,27). The molecule has 0 aliphatic carbocycles. The lowest BCUT2D eigenvalue weighted by Gasteiger charge is -2.30. The van der Waals surface area contributed by atoms with E-state index in [-0.39, 0.29) is 12.5 Å². The van der Waals surface area contributed by atoms with E-state index >= 15 is 0 Å². The Kier molecular flexibility index (Phi) is 7.15. The van der Waals surface area contributed by atoms with Gasteiger partial charge < -0.3 is 19.7 Å². The first kappa shape index (κ1) is 21.6. The number of ether oxygens (including phenoxy) is 2. The fourth-order valence-electron chi connectivity index (χ4n) is 2.92. The van der Waals surface area contributed by atoms with Crippen LogP contribution in [0.3, 0.4) is 0 Å². The van der Waals surface area contributed by atoms with E-state index in [1.807, 2.05) is 18.2 Å². The number of halogens is 4. The number of alkyl halides is 3. The number of amides is 1. The van der Waals surface area contributed by atoms with Crippen LogP contribution in [0.4, 0.5) is 24.5 Å². The Labute approximate surface area is 174 Å². The molecule has 1 N–H and O–H groups in total. The maximum absolute atomic E-state index is 12.7. The van der Waals surface area contributed by atoms with Gasteiger partial charge in [0.1, 0.15) is 6.61 Å². The van der Waals surface area contributed by atoms with E-state index in [9.17, 15) is 18.0 Å². The summed E-state index contributed by atoms with van der Waals surface area (Å²) < 4.78 is 47.3. The van der Waals surface area contributed by atoms with Crippen LogP contribution in [0.1, 0.15) is 15.9 Å². The predicted octanol–water partition coefficient (Wildman–Crippen LogP) is 4.62. The molecule has 1 amide bonds. The lowest BCUT2D eigenvalue weighted by atomic mass is 10.1. The van der Waals surface area contributed by atoms with E-state index in [1.165, 1.54) is 0 Å². The number of benzene rings is 2. The summed E-state index contributed by atoms with van der Waals surface area (Å²) in [6, 6.07) is 12.0. The predicted molar refractivity (Wildman–Crippen MR) is 107 cm³/mol. The molecule has 0 unspecified atom stereocenters. The van der Waals surface area contributed by atoms with Crippen molar-refractivity contribution in [1.29, 1.82) is 0 Å². The quantitative estimate of drug-likeness (QED) is 0.666. The fraction of sp³-hybridized carbons (Fsp3) is 0.350. The Morgan fingerprint density at radius 2 is 1.83 bits per heavy atom. The van der Waals surface area contributed by atoms with Crippen LogP contribution < -0.4 is 10.2 Å². The Morgan fingerprint density at radius 1 is 1.14 bits per heavy atom. The SMILES string of the molecule is O=C(Nc1cc(Br)ccc1N1CCOCC1)c1ccc(COCC(F)(F)F)cc1. The van der Waals surface area contributed by atoms with E-state index in [1.54, 1.807) is 24.3 Å². The van der Waals surface area contributed by atoms with Crippen molar-refractivity contribution in [2.45, 2.75) is 12.8 Å². The summed E-state index contributed by atoms with van der Waals surface area (Å²) in [4.78, 5) is 14.8. The number of rotatable bonds is 6. The molecule has 1 aliphatic heterocycles. The van der Waals surface area contributed by atoms with Gasteiger partial charge in [0.25, 0.3) is 5.91 Å². The normalized spacial score (nSPS) is 14.7. The van der Waals surface area contributed by atoms with E-state index in [0.717, 1.165) is 23.2 Å². The van der Waals surface area contributed by atoms with Crippen molar-refractivity contribution in [3.05, 3.63) is 58.1 Å². The summed E-state index contributed by atoms with van der Waals surface area (Å²) in [5.74, 6) is -0.305. The van der Waals surface area contributed by atoms with Crippen molar-refractivity contribution < 1.29 is 27.4 Å². The maximum atomic E-state index is 12.7. The van der Waals surface area contributed by atoms with Gasteiger partial charge in [0.05, 0.1) is 31.2 Å². The second kappa shape index (κ2) is 9.60. The second-order valence-corrected chi connectivity index (χ2v) is 7.44. The molecule has 156 valence electrons. The van der Waals surface area contributed by atoms with Crippen LogP contribution in [0.2, 0.25) is 0 Å². The van der Waals surface area contributed by atoms with Crippen molar-refractivity contribution in [1.82, 2.24) is 0 Å². The molecule has 0 aromatic heterocycles. The zero-order chi connectivity index (χ0) is 20.9. The molecular weight excluding hydrogens is 453 g/mol. The number of carbonyl (C=O) groups is 1. The smallest absolute Gasteiger partial charge is 0.378 e. The van der Waals surface area contributed by atoms with Gasteiger partial charge in [-0.2, -0.15) is 13.2 Å². The van der Waals surface area contributed by atoms with Crippen LogP contribution in [-0.2, 0) is 16.1 Å². The number of hydrogen-bond acceptors (Lipinski definition) is 4. The molecule has 0 atom stereocenters. The minimum Gasteiger partial charge on any atom is -0.378 e. The van der Waals surface area contributed by atoms with Gasteiger partial charge >= 0.3 is 6.18 Å². The van der Waals surface area contributed by atoms with E-state index in [4.69, 9.17) is 4.74 Å². The zero-order valence-electron chi connectivity index (χ0n) is 15.5. The zero-order valence-corrected chi connectivity index (χ0v) is 17.1. The van der Waals surface area contributed by atoms with Crippen LogP contribution in [0.5, 0.6) is 0 Å². The van der Waals surface area contributed by atoms with Gasteiger partial charge in [-0.3, -0.25) is 4.79 Å². The summed E-state index contributed by atoms with van der Waals surface area (Å²) in [6.07, 6.45) is -4.36.